The second-order valence-corrected chi connectivity index (χ2v) is 10.7. The van der Waals surface area contributed by atoms with Crippen molar-refractivity contribution in [3.8, 4) is 0 Å². The SMILES string of the molecule is CC(=O)Nc1c[nH]c2nccc(N3CCN(C(c4ccc(Cl)cc4)C(C=O)NC(=O)OC(C)(C)C)CC3)c12. The fourth-order valence-corrected chi connectivity index (χ4v) is 4.89. The van der Waals surface area contributed by atoms with Crippen LogP contribution in [0.25, 0.3) is 11.0 Å². The normalized spacial score (nSPS) is 16.1. The number of H-pyrrole nitrogens is 1. The quantitative estimate of drug-likeness (QED) is 0.385. The van der Waals surface area contributed by atoms with Gasteiger partial charge in [-0.05, 0) is 44.5 Å². The van der Waals surface area contributed by atoms with Gasteiger partial charge in [0.2, 0.25) is 5.91 Å². The molecule has 2 aromatic heterocycles. The summed E-state index contributed by atoms with van der Waals surface area (Å²) < 4.78 is 5.41. The molecule has 3 aromatic rings. The molecule has 0 saturated carbocycles. The Morgan fingerprint density at radius 3 is 2.42 bits per heavy atom. The molecule has 2 atom stereocenters. The van der Waals surface area contributed by atoms with Crippen molar-refractivity contribution in [2.75, 3.05) is 36.4 Å². The lowest BCUT2D eigenvalue weighted by Crippen LogP contribution is -2.54. The Morgan fingerprint density at radius 1 is 1.13 bits per heavy atom. The van der Waals surface area contributed by atoms with Gasteiger partial charge in [-0.25, -0.2) is 9.78 Å². The molecule has 11 heteroatoms. The van der Waals surface area contributed by atoms with E-state index in [1.54, 1.807) is 45.3 Å². The number of pyridine rings is 1. The van der Waals surface area contributed by atoms with Crippen LogP contribution in [0.15, 0.2) is 42.7 Å². The van der Waals surface area contributed by atoms with Crippen LogP contribution < -0.4 is 15.5 Å². The molecular weight excluding hydrogens is 508 g/mol. The smallest absolute Gasteiger partial charge is 0.408 e. The Balaban J connectivity index is 1.57. The topological polar surface area (TPSA) is 120 Å². The molecule has 2 amide bonds. The molecule has 0 bridgehead atoms. The minimum Gasteiger partial charge on any atom is -0.444 e. The summed E-state index contributed by atoms with van der Waals surface area (Å²) in [7, 11) is 0. The van der Waals surface area contributed by atoms with Crippen LogP contribution in [-0.4, -0.2) is 71.0 Å². The Kier molecular flexibility index (Phi) is 8.23. The molecule has 202 valence electrons. The molecule has 4 rings (SSSR count). The van der Waals surface area contributed by atoms with Crippen molar-refractivity contribution in [3.63, 3.8) is 0 Å². The lowest BCUT2D eigenvalue weighted by molar-refractivity contribution is -0.114. The van der Waals surface area contributed by atoms with E-state index in [-0.39, 0.29) is 5.91 Å². The van der Waals surface area contributed by atoms with E-state index >= 15 is 0 Å². The first kappa shape index (κ1) is 27.4. The van der Waals surface area contributed by atoms with Crippen LogP contribution in [0.5, 0.6) is 0 Å². The van der Waals surface area contributed by atoms with Gasteiger partial charge in [0.1, 0.15) is 23.6 Å². The van der Waals surface area contributed by atoms with Crippen molar-refractivity contribution in [1.29, 1.82) is 0 Å². The monoisotopic (exact) mass is 540 g/mol. The molecule has 0 aliphatic carbocycles. The number of amides is 2. The fraction of sp³-hybridized carbons (Fsp3) is 0.407. The highest BCUT2D eigenvalue weighted by Gasteiger charge is 2.34. The number of hydrogen-bond donors (Lipinski definition) is 3. The molecule has 1 saturated heterocycles. The number of ether oxygens (including phenoxy) is 1. The summed E-state index contributed by atoms with van der Waals surface area (Å²) in [6.07, 6.45) is 3.58. The number of nitrogens with one attached hydrogen (secondary N) is 3. The summed E-state index contributed by atoms with van der Waals surface area (Å²) >= 11 is 6.13. The van der Waals surface area contributed by atoms with E-state index in [4.69, 9.17) is 16.3 Å². The van der Waals surface area contributed by atoms with Gasteiger partial charge in [0.05, 0.1) is 22.8 Å². The molecule has 3 N–H and O–H groups in total. The van der Waals surface area contributed by atoms with Crippen molar-refractivity contribution >= 4 is 52.3 Å². The maximum absolute atomic E-state index is 12.6. The Hall–Kier alpha value is -3.63. The average Bonchev–Trinajstić information content (AvgIpc) is 3.26. The third-order valence-electron chi connectivity index (χ3n) is 6.29. The van der Waals surface area contributed by atoms with Crippen LogP contribution in [-0.2, 0) is 14.3 Å². The molecule has 3 heterocycles. The molecule has 0 radical (unpaired) electrons. The number of anilines is 2. The number of piperazine rings is 1. The van der Waals surface area contributed by atoms with Crippen LogP contribution in [0.4, 0.5) is 16.2 Å². The van der Waals surface area contributed by atoms with Crippen LogP contribution in [0.1, 0.15) is 39.3 Å². The van der Waals surface area contributed by atoms with Crippen molar-refractivity contribution in [2.45, 2.75) is 45.4 Å². The molecule has 0 spiro atoms. The zero-order chi connectivity index (χ0) is 27.4. The number of fused-ring (bicyclic) bond motifs is 1. The summed E-state index contributed by atoms with van der Waals surface area (Å²) in [6.45, 7) is 9.36. The lowest BCUT2D eigenvalue weighted by Gasteiger charge is -2.42. The van der Waals surface area contributed by atoms with Gasteiger partial charge in [-0.1, -0.05) is 23.7 Å². The Labute approximate surface area is 226 Å². The number of aromatic nitrogens is 2. The Morgan fingerprint density at radius 2 is 1.82 bits per heavy atom. The number of benzene rings is 1. The van der Waals surface area contributed by atoms with Crippen molar-refractivity contribution in [1.82, 2.24) is 20.2 Å². The molecule has 10 nitrogen and oxygen atoms in total. The van der Waals surface area contributed by atoms with Gasteiger partial charge in [-0.15, -0.1) is 0 Å². The molecule has 1 aromatic carbocycles. The van der Waals surface area contributed by atoms with Gasteiger partial charge in [0.15, 0.2) is 0 Å². The van der Waals surface area contributed by atoms with E-state index in [9.17, 15) is 14.4 Å². The zero-order valence-electron chi connectivity index (χ0n) is 22.0. The third kappa shape index (κ3) is 6.43. The molecule has 1 aliphatic rings. The van der Waals surface area contributed by atoms with Gasteiger partial charge in [-0.2, -0.15) is 0 Å². The fourth-order valence-electron chi connectivity index (χ4n) is 4.77. The van der Waals surface area contributed by atoms with Gasteiger partial charge in [0, 0.05) is 50.5 Å². The number of rotatable bonds is 7. The number of alkyl carbamates (subject to hydrolysis) is 1. The second-order valence-electron chi connectivity index (χ2n) is 10.3. The minimum absolute atomic E-state index is 0.159. The van der Waals surface area contributed by atoms with Crippen LogP contribution >= 0.6 is 11.6 Å². The highest BCUT2D eigenvalue weighted by atomic mass is 35.5. The largest absolute Gasteiger partial charge is 0.444 e. The predicted molar refractivity (Wildman–Crippen MR) is 148 cm³/mol. The van der Waals surface area contributed by atoms with E-state index in [1.165, 1.54) is 6.92 Å². The molecule has 1 aliphatic heterocycles. The number of carbonyl (C=O) groups is 3. The lowest BCUT2D eigenvalue weighted by atomic mass is 9.97. The van der Waals surface area contributed by atoms with Crippen LogP contribution in [0, 0.1) is 0 Å². The molecular formula is C27H33ClN6O4. The first-order chi connectivity index (χ1) is 18.1. The number of halogens is 1. The standard InChI is InChI=1S/C27H33ClN6O4/c1-17(36)31-20-15-30-25-23(20)22(9-10-29-25)33-11-13-34(14-12-33)24(18-5-7-19(28)8-6-18)21(16-35)32-26(37)38-27(2,3)4/h5-10,15-16,21,24H,11-14H2,1-4H3,(H,29,30)(H,31,36)(H,32,37). The van der Waals surface area contributed by atoms with Crippen molar-refractivity contribution in [2.24, 2.45) is 0 Å². The van der Waals surface area contributed by atoms with Crippen LogP contribution in [0.2, 0.25) is 5.02 Å². The van der Waals surface area contributed by atoms with Crippen molar-refractivity contribution < 1.29 is 19.1 Å². The minimum atomic E-state index is -0.832. The summed E-state index contributed by atoms with van der Waals surface area (Å²) in [6, 6.07) is 7.99. The third-order valence-corrected chi connectivity index (χ3v) is 6.54. The molecule has 2 unspecified atom stereocenters. The highest BCUT2D eigenvalue weighted by molar-refractivity contribution is 6.30. The average molecular weight is 541 g/mol. The highest BCUT2D eigenvalue weighted by Crippen LogP contribution is 2.34. The summed E-state index contributed by atoms with van der Waals surface area (Å²) in [5, 5.41) is 7.06. The van der Waals surface area contributed by atoms with E-state index in [0.29, 0.717) is 42.5 Å². The van der Waals surface area contributed by atoms with Gasteiger partial charge in [-0.3, -0.25) is 9.69 Å². The Bertz CT molecular complexity index is 1300. The number of nitrogens with zero attached hydrogens (tertiary/aromatic N) is 3. The van der Waals surface area contributed by atoms with E-state index < -0.39 is 23.8 Å². The van der Waals surface area contributed by atoms with E-state index in [2.05, 4.69) is 30.4 Å². The number of carbonyl (C=O) groups excluding carboxylic acids is 3. The molecule has 1 fully saturated rings. The van der Waals surface area contributed by atoms with Gasteiger partial charge in [0.25, 0.3) is 0 Å². The second kappa shape index (κ2) is 11.4. The van der Waals surface area contributed by atoms with Crippen molar-refractivity contribution in [3.05, 3.63) is 53.3 Å². The number of hydrogen-bond acceptors (Lipinski definition) is 7. The first-order valence-electron chi connectivity index (χ1n) is 12.5. The maximum Gasteiger partial charge on any atom is 0.408 e. The van der Waals surface area contributed by atoms with Gasteiger partial charge < -0.3 is 30.0 Å². The number of aromatic amines is 1. The molecule has 38 heavy (non-hydrogen) atoms. The zero-order valence-corrected chi connectivity index (χ0v) is 22.7. The first-order valence-corrected chi connectivity index (χ1v) is 12.9. The maximum atomic E-state index is 12.6. The number of aldehydes is 1. The van der Waals surface area contributed by atoms with E-state index in [0.717, 1.165) is 22.9 Å². The van der Waals surface area contributed by atoms with Crippen LogP contribution in [0.3, 0.4) is 0 Å². The summed E-state index contributed by atoms with van der Waals surface area (Å²) in [5.41, 5.74) is 2.50. The van der Waals surface area contributed by atoms with Gasteiger partial charge >= 0.3 is 6.09 Å². The predicted octanol–water partition coefficient (Wildman–Crippen LogP) is 4.13. The van der Waals surface area contributed by atoms with E-state index in [1.807, 2.05) is 18.2 Å². The summed E-state index contributed by atoms with van der Waals surface area (Å²) in [4.78, 5) is 48.5. The summed E-state index contributed by atoms with van der Waals surface area (Å²) in [5.74, 6) is -0.159.